The predicted octanol–water partition coefficient (Wildman–Crippen LogP) is 3.62. The molecule has 0 bridgehead atoms. The molecule has 0 N–H and O–H groups in total. The number of rotatable bonds is 4. The first-order chi connectivity index (χ1) is 6.24. The van der Waals surface area contributed by atoms with Gasteiger partial charge in [0.2, 0.25) is 0 Å². The fourth-order valence-electron chi connectivity index (χ4n) is 1.54. The van der Waals surface area contributed by atoms with Gasteiger partial charge in [0.15, 0.2) is 0 Å². The summed E-state index contributed by atoms with van der Waals surface area (Å²) in [6.45, 7) is 9.63. The van der Waals surface area contributed by atoms with E-state index in [0.29, 0.717) is 0 Å². The van der Waals surface area contributed by atoms with E-state index in [2.05, 4.69) is 32.0 Å². The van der Waals surface area contributed by atoms with E-state index >= 15 is 0 Å². The summed E-state index contributed by atoms with van der Waals surface area (Å²) in [5.74, 6) is 0. The third kappa shape index (κ3) is 3.06. The van der Waals surface area contributed by atoms with Crippen molar-refractivity contribution in [3.63, 3.8) is 0 Å². The Kier molecular flexibility index (Phi) is 3.75. The largest absolute Gasteiger partial charge is 0.0845 e. The number of hydrogen-bond acceptors (Lipinski definition) is 0. The summed E-state index contributed by atoms with van der Waals surface area (Å²) in [6, 6.07) is 6.64. The molecule has 0 aliphatic rings. The van der Waals surface area contributed by atoms with Crippen LogP contribution >= 0.6 is 0 Å². The van der Waals surface area contributed by atoms with Gasteiger partial charge >= 0.3 is 0 Å². The van der Waals surface area contributed by atoms with E-state index in [9.17, 15) is 0 Å². The predicted molar refractivity (Wildman–Crippen MR) is 57.7 cm³/mol. The fraction of sp³-hybridized carbons (Fsp3) is 0.385. The lowest BCUT2D eigenvalue weighted by atomic mass is 10.0. The van der Waals surface area contributed by atoms with Crippen LogP contribution in [0.4, 0.5) is 0 Å². The van der Waals surface area contributed by atoms with Gasteiger partial charge in [-0.15, -0.1) is 0 Å². The highest BCUT2D eigenvalue weighted by molar-refractivity contribution is 5.30. The van der Waals surface area contributed by atoms with E-state index < -0.39 is 0 Å². The Morgan fingerprint density at radius 2 is 2.08 bits per heavy atom. The maximum absolute atomic E-state index is 5.33. The van der Waals surface area contributed by atoms with Crippen LogP contribution in [0.25, 0.3) is 0 Å². The second-order valence-electron chi connectivity index (χ2n) is 3.56. The van der Waals surface area contributed by atoms with Crippen LogP contribution in [0.5, 0.6) is 0 Å². The first-order valence-corrected chi connectivity index (χ1v) is 4.83. The van der Waals surface area contributed by atoms with Crippen molar-refractivity contribution in [2.45, 2.75) is 33.1 Å². The highest BCUT2D eigenvalue weighted by atomic mass is 14.0. The van der Waals surface area contributed by atoms with E-state index in [1.54, 1.807) is 6.08 Å². The van der Waals surface area contributed by atoms with Crippen LogP contribution in [0.3, 0.4) is 0 Å². The Morgan fingerprint density at radius 1 is 1.31 bits per heavy atom. The van der Waals surface area contributed by atoms with Gasteiger partial charge in [-0.25, -0.2) is 0 Å². The minimum absolute atomic E-state index is 1.01. The third-order valence-corrected chi connectivity index (χ3v) is 2.32. The number of hydrogen-bond donors (Lipinski definition) is 0. The smallest absolute Gasteiger partial charge is 0.0273 e. The Morgan fingerprint density at radius 3 is 2.69 bits per heavy atom. The summed E-state index contributed by atoms with van der Waals surface area (Å²) in [7, 11) is 0. The fourth-order valence-corrected chi connectivity index (χ4v) is 1.54. The van der Waals surface area contributed by atoms with Gasteiger partial charge < -0.3 is 0 Å². The third-order valence-electron chi connectivity index (χ3n) is 2.32. The van der Waals surface area contributed by atoms with Crippen LogP contribution < -0.4 is 0 Å². The van der Waals surface area contributed by atoms with E-state index in [0.717, 1.165) is 19.3 Å². The van der Waals surface area contributed by atoms with Crippen LogP contribution in [-0.4, -0.2) is 0 Å². The van der Waals surface area contributed by atoms with Gasteiger partial charge in [0.1, 0.15) is 0 Å². The topological polar surface area (TPSA) is 0 Å². The van der Waals surface area contributed by atoms with Crippen molar-refractivity contribution in [2.75, 3.05) is 0 Å². The molecule has 0 saturated heterocycles. The summed E-state index contributed by atoms with van der Waals surface area (Å²) in [6.07, 6.45) is 5.04. The van der Waals surface area contributed by atoms with E-state index in [4.69, 9.17) is 6.58 Å². The molecular formula is C13H17. The van der Waals surface area contributed by atoms with Gasteiger partial charge in [0.05, 0.1) is 0 Å². The Labute approximate surface area is 81.3 Å². The van der Waals surface area contributed by atoms with Crippen LogP contribution in [0, 0.1) is 20.4 Å². The van der Waals surface area contributed by atoms with E-state index in [1.807, 2.05) is 0 Å². The molecule has 0 fully saturated rings. The molecule has 1 aromatic carbocycles. The summed E-state index contributed by atoms with van der Waals surface area (Å²) < 4.78 is 0. The molecule has 0 saturated carbocycles. The van der Waals surface area contributed by atoms with Gasteiger partial charge in [-0.05, 0) is 44.2 Å². The number of benzene rings is 1. The monoisotopic (exact) mass is 173 g/mol. The summed E-state index contributed by atoms with van der Waals surface area (Å²) >= 11 is 0. The van der Waals surface area contributed by atoms with Gasteiger partial charge in [-0.2, -0.15) is 0 Å². The molecule has 0 aromatic heterocycles. The van der Waals surface area contributed by atoms with Crippen LogP contribution in [0.15, 0.2) is 24.3 Å². The normalized spacial score (nSPS) is 10.0. The zero-order chi connectivity index (χ0) is 9.68. The standard InChI is InChI=1S/C13H17/c1-4-5-6-7-13-9-8-11(2)10-12(13)3/h1,4,8-10H,5-7H2,2-3H3. The minimum atomic E-state index is 1.01. The van der Waals surface area contributed by atoms with Gasteiger partial charge in [-0.1, -0.05) is 36.4 Å². The Bertz CT molecular complexity index is 284. The molecule has 1 rings (SSSR count). The molecule has 1 aromatic rings. The molecule has 0 amide bonds. The molecule has 0 unspecified atom stereocenters. The Hall–Kier alpha value is -1.04. The van der Waals surface area contributed by atoms with Gasteiger partial charge in [0.25, 0.3) is 0 Å². The highest BCUT2D eigenvalue weighted by Crippen LogP contribution is 2.13. The highest BCUT2D eigenvalue weighted by Gasteiger charge is 1.97. The Balaban J connectivity index is 2.61. The lowest BCUT2D eigenvalue weighted by molar-refractivity contribution is 0.837. The minimum Gasteiger partial charge on any atom is -0.0845 e. The van der Waals surface area contributed by atoms with Crippen LogP contribution in [-0.2, 0) is 6.42 Å². The quantitative estimate of drug-likeness (QED) is 0.610. The lowest BCUT2D eigenvalue weighted by Crippen LogP contribution is -1.89. The van der Waals surface area contributed by atoms with Crippen molar-refractivity contribution in [3.05, 3.63) is 47.5 Å². The zero-order valence-electron chi connectivity index (χ0n) is 8.51. The SMILES string of the molecule is [CH]=CCCCc1ccc(C)cc1C. The van der Waals surface area contributed by atoms with Gasteiger partial charge in [-0.3, -0.25) is 0 Å². The number of aryl methyl sites for hydroxylation is 3. The molecule has 0 spiro atoms. The molecule has 0 atom stereocenters. The molecule has 1 radical (unpaired) electrons. The second-order valence-corrected chi connectivity index (χ2v) is 3.56. The first-order valence-electron chi connectivity index (χ1n) is 4.83. The summed E-state index contributed by atoms with van der Waals surface area (Å²) in [4.78, 5) is 0. The van der Waals surface area contributed by atoms with Crippen molar-refractivity contribution in [2.24, 2.45) is 0 Å². The maximum atomic E-state index is 5.33. The maximum Gasteiger partial charge on any atom is -0.0273 e. The van der Waals surface area contributed by atoms with Gasteiger partial charge in [0, 0.05) is 0 Å². The molecule has 13 heavy (non-hydrogen) atoms. The van der Waals surface area contributed by atoms with Crippen molar-refractivity contribution in [1.82, 2.24) is 0 Å². The zero-order valence-corrected chi connectivity index (χ0v) is 8.51. The first kappa shape index (κ1) is 10.0. The molecule has 0 heterocycles. The average molecular weight is 173 g/mol. The van der Waals surface area contributed by atoms with Crippen molar-refractivity contribution < 1.29 is 0 Å². The van der Waals surface area contributed by atoms with Crippen LogP contribution in [0.2, 0.25) is 0 Å². The van der Waals surface area contributed by atoms with Crippen molar-refractivity contribution in [3.8, 4) is 0 Å². The molecule has 0 aliphatic heterocycles. The molecule has 0 nitrogen and oxygen atoms in total. The lowest BCUT2D eigenvalue weighted by Gasteiger charge is -2.05. The molecular weight excluding hydrogens is 156 g/mol. The summed E-state index contributed by atoms with van der Waals surface area (Å²) in [5, 5.41) is 0. The molecule has 0 aliphatic carbocycles. The second kappa shape index (κ2) is 4.86. The van der Waals surface area contributed by atoms with Crippen molar-refractivity contribution in [1.29, 1.82) is 0 Å². The van der Waals surface area contributed by atoms with Crippen LogP contribution in [0.1, 0.15) is 29.5 Å². The molecule has 69 valence electrons. The average Bonchev–Trinajstić information content (AvgIpc) is 2.09. The van der Waals surface area contributed by atoms with E-state index in [1.165, 1.54) is 16.7 Å². The summed E-state index contributed by atoms with van der Waals surface area (Å²) in [5.41, 5.74) is 4.19. The number of allylic oxidation sites excluding steroid dienone is 1. The van der Waals surface area contributed by atoms with E-state index in [-0.39, 0.29) is 0 Å². The molecule has 0 heteroatoms. The number of unbranched alkanes of at least 4 members (excludes halogenated alkanes) is 1. The van der Waals surface area contributed by atoms with Crippen molar-refractivity contribution >= 4 is 0 Å².